The highest BCUT2D eigenvalue weighted by Crippen LogP contribution is 2.18. The Morgan fingerprint density at radius 3 is 2.26 bits per heavy atom. The maximum absolute atomic E-state index is 12.7. The summed E-state index contributed by atoms with van der Waals surface area (Å²) in [5, 5.41) is 2.92. The van der Waals surface area contributed by atoms with Crippen molar-refractivity contribution in [3.8, 4) is 0 Å². The van der Waals surface area contributed by atoms with Crippen LogP contribution in [0, 0.1) is 0 Å². The van der Waals surface area contributed by atoms with Gasteiger partial charge in [-0.3, -0.25) is 9.88 Å². The molecule has 0 aliphatic carbocycles. The number of urea groups is 1. The van der Waals surface area contributed by atoms with Crippen LogP contribution in [0.25, 0.3) is 0 Å². The number of rotatable bonds is 4. The first-order valence-corrected chi connectivity index (χ1v) is 7.40. The zero-order chi connectivity index (χ0) is 15.9. The lowest BCUT2D eigenvalue weighted by Crippen LogP contribution is -2.34. The number of carbonyl (C=O) groups excluding carboxylic acids is 1. The first-order valence-electron chi connectivity index (χ1n) is 7.40. The molecule has 1 aromatic heterocycles. The molecule has 4 nitrogen and oxygen atoms in total. The van der Waals surface area contributed by atoms with Crippen LogP contribution in [0.15, 0.2) is 85.2 Å². The Balaban J connectivity index is 1.84. The molecule has 0 saturated carbocycles. The Kier molecular flexibility index (Phi) is 4.64. The van der Waals surface area contributed by atoms with E-state index >= 15 is 0 Å². The van der Waals surface area contributed by atoms with Gasteiger partial charge in [0.1, 0.15) is 0 Å². The molecule has 0 aliphatic rings. The minimum Gasteiger partial charge on any atom is -0.308 e. The quantitative estimate of drug-likeness (QED) is 0.780. The van der Waals surface area contributed by atoms with Crippen LogP contribution in [0.2, 0.25) is 0 Å². The Morgan fingerprint density at radius 1 is 0.913 bits per heavy atom. The molecule has 3 aromatic rings. The topological polar surface area (TPSA) is 45.2 Å². The van der Waals surface area contributed by atoms with Gasteiger partial charge in [0.2, 0.25) is 0 Å². The molecule has 1 N–H and O–H groups in total. The van der Waals surface area contributed by atoms with Crippen molar-refractivity contribution in [2.45, 2.75) is 6.54 Å². The first-order chi connectivity index (χ1) is 11.3. The van der Waals surface area contributed by atoms with Gasteiger partial charge in [-0.1, -0.05) is 48.5 Å². The number of carbonyl (C=O) groups is 1. The molecule has 0 aliphatic heterocycles. The summed E-state index contributed by atoms with van der Waals surface area (Å²) >= 11 is 0. The predicted octanol–water partition coefficient (Wildman–Crippen LogP) is 4.32. The number of hydrogen-bond donors (Lipinski definition) is 1. The summed E-state index contributed by atoms with van der Waals surface area (Å²) in [5.74, 6) is 0. The van der Waals surface area contributed by atoms with E-state index in [9.17, 15) is 4.79 Å². The third kappa shape index (κ3) is 3.95. The minimum atomic E-state index is -0.187. The zero-order valence-corrected chi connectivity index (χ0v) is 12.6. The van der Waals surface area contributed by atoms with Gasteiger partial charge in [0.25, 0.3) is 0 Å². The molecule has 3 rings (SSSR count). The standard InChI is InChI=1S/C19H17N3O/c23-19(21-17-10-5-2-6-11-17)22(18-12-7-13-20-14-18)15-16-8-3-1-4-9-16/h1-14H,15H2,(H,21,23). The van der Waals surface area contributed by atoms with Crippen LogP contribution in [0.5, 0.6) is 0 Å². The van der Waals surface area contributed by atoms with E-state index in [4.69, 9.17) is 0 Å². The molecule has 0 fully saturated rings. The zero-order valence-electron chi connectivity index (χ0n) is 12.6. The van der Waals surface area contributed by atoms with Gasteiger partial charge in [0.15, 0.2) is 0 Å². The van der Waals surface area contributed by atoms with E-state index in [1.165, 1.54) is 0 Å². The van der Waals surface area contributed by atoms with Crippen molar-refractivity contribution < 1.29 is 4.79 Å². The fourth-order valence-corrected chi connectivity index (χ4v) is 2.27. The maximum atomic E-state index is 12.7. The second-order valence-corrected chi connectivity index (χ2v) is 5.08. The maximum Gasteiger partial charge on any atom is 0.326 e. The van der Waals surface area contributed by atoms with E-state index in [-0.39, 0.29) is 6.03 Å². The lowest BCUT2D eigenvalue weighted by Gasteiger charge is -2.23. The molecular formula is C19H17N3O. The number of para-hydroxylation sites is 1. The summed E-state index contributed by atoms with van der Waals surface area (Å²) in [6, 6.07) is 22.8. The van der Waals surface area contributed by atoms with E-state index in [1.807, 2.05) is 72.8 Å². The molecule has 0 spiro atoms. The number of nitrogens with zero attached hydrogens (tertiary/aromatic N) is 2. The van der Waals surface area contributed by atoms with Crippen molar-refractivity contribution in [3.05, 3.63) is 90.8 Å². The molecule has 2 amide bonds. The largest absolute Gasteiger partial charge is 0.326 e. The molecule has 23 heavy (non-hydrogen) atoms. The second-order valence-electron chi connectivity index (χ2n) is 5.08. The number of pyridine rings is 1. The molecule has 0 saturated heterocycles. The van der Waals surface area contributed by atoms with Crippen LogP contribution in [-0.4, -0.2) is 11.0 Å². The molecule has 114 valence electrons. The average Bonchev–Trinajstić information content (AvgIpc) is 2.62. The van der Waals surface area contributed by atoms with Gasteiger partial charge in [-0.25, -0.2) is 4.79 Å². The third-order valence-corrected chi connectivity index (χ3v) is 3.41. The summed E-state index contributed by atoms with van der Waals surface area (Å²) in [7, 11) is 0. The monoisotopic (exact) mass is 303 g/mol. The van der Waals surface area contributed by atoms with E-state index in [1.54, 1.807) is 17.3 Å². The van der Waals surface area contributed by atoms with Crippen LogP contribution in [0.1, 0.15) is 5.56 Å². The van der Waals surface area contributed by atoms with Crippen molar-refractivity contribution in [2.24, 2.45) is 0 Å². The van der Waals surface area contributed by atoms with E-state index in [0.717, 1.165) is 16.9 Å². The van der Waals surface area contributed by atoms with Crippen LogP contribution in [0.3, 0.4) is 0 Å². The summed E-state index contributed by atoms with van der Waals surface area (Å²) in [4.78, 5) is 18.5. The minimum absolute atomic E-state index is 0.187. The molecule has 0 radical (unpaired) electrons. The molecular weight excluding hydrogens is 286 g/mol. The highest BCUT2D eigenvalue weighted by Gasteiger charge is 2.16. The molecule has 0 unspecified atom stereocenters. The van der Waals surface area contributed by atoms with Gasteiger partial charge in [-0.2, -0.15) is 0 Å². The summed E-state index contributed by atoms with van der Waals surface area (Å²) < 4.78 is 0. The van der Waals surface area contributed by atoms with Gasteiger partial charge in [0, 0.05) is 11.9 Å². The molecule has 4 heteroatoms. The Morgan fingerprint density at radius 2 is 1.61 bits per heavy atom. The Hall–Kier alpha value is -3.14. The van der Waals surface area contributed by atoms with Crippen molar-refractivity contribution in [1.29, 1.82) is 0 Å². The predicted molar refractivity (Wildman–Crippen MR) is 92.3 cm³/mol. The highest BCUT2D eigenvalue weighted by atomic mass is 16.2. The number of amides is 2. The van der Waals surface area contributed by atoms with Gasteiger partial charge in [-0.05, 0) is 29.8 Å². The van der Waals surface area contributed by atoms with Gasteiger partial charge < -0.3 is 5.32 Å². The van der Waals surface area contributed by atoms with Crippen molar-refractivity contribution in [2.75, 3.05) is 10.2 Å². The fourth-order valence-electron chi connectivity index (χ4n) is 2.27. The number of anilines is 2. The lowest BCUT2D eigenvalue weighted by atomic mass is 10.2. The number of nitrogens with one attached hydrogen (secondary N) is 1. The SMILES string of the molecule is O=C(Nc1ccccc1)N(Cc1ccccc1)c1cccnc1. The number of hydrogen-bond acceptors (Lipinski definition) is 2. The summed E-state index contributed by atoms with van der Waals surface area (Å²) in [6.07, 6.45) is 3.38. The fraction of sp³-hybridized carbons (Fsp3) is 0.0526. The van der Waals surface area contributed by atoms with Gasteiger partial charge >= 0.3 is 6.03 Å². The van der Waals surface area contributed by atoms with Gasteiger partial charge in [-0.15, -0.1) is 0 Å². The Labute approximate surface area is 135 Å². The molecule has 2 aromatic carbocycles. The van der Waals surface area contributed by atoms with E-state index in [0.29, 0.717) is 6.54 Å². The van der Waals surface area contributed by atoms with E-state index < -0.39 is 0 Å². The molecule has 0 atom stereocenters. The summed E-state index contributed by atoms with van der Waals surface area (Å²) in [6.45, 7) is 0.477. The van der Waals surface area contributed by atoms with Crippen LogP contribution < -0.4 is 10.2 Å². The van der Waals surface area contributed by atoms with Gasteiger partial charge in [0.05, 0.1) is 18.4 Å². The summed E-state index contributed by atoms with van der Waals surface area (Å²) in [5.41, 5.74) is 2.57. The second kappa shape index (κ2) is 7.22. The van der Waals surface area contributed by atoms with Crippen LogP contribution >= 0.6 is 0 Å². The van der Waals surface area contributed by atoms with Crippen molar-refractivity contribution in [3.63, 3.8) is 0 Å². The smallest absolute Gasteiger partial charge is 0.308 e. The van der Waals surface area contributed by atoms with E-state index in [2.05, 4.69) is 10.3 Å². The highest BCUT2D eigenvalue weighted by molar-refractivity contribution is 6.01. The third-order valence-electron chi connectivity index (χ3n) is 3.41. The number of aromatic nitrogens is 1. The molecule has 0 bridgehead atoms. The lowest BCUT2D eigenvalue weighted by molar-refractivity contribution is 0.256. The van der Waals surface area contributed by atoms with Crippen molar-refractivity contribution >= 4 is 17.4 Å². The van der Waals surface area contributed by atoms with Crippen LogP contribution in [0.4, 0.5) is 16.2 Å². The number of benzene rings is 2. The average molecular weight is 303 g/mol. The molecule has 1 heterocycles. The van der Waals surface area contributed by atoms with Crippen molar-refractivity contribution in [1.82, 2.24) is 4.98 Å². The Bertz CT molecular complexity index is 745. The first kappa shape index (κ1) is 14.8. The van der Waals surface area contributed by atoms with Crippen LogP contribution in [-0.2, 0) is 6.54 Å². The normalized spacial score (nSPS) is 10.1.